The molecule has 7 heteroatoms. The lowest BCUT2D eigenvalue weighted by Gasteiger charge is -2.35. The summed E-state index contributed by atoms with van der Waals surface area (Å²) in [6.45, 7) is 8.49. The topological polar surface area (TPSA) is 71.7 Å². The smallest absolute Gasteiger partial charge is 0.247 e. The minimum atomic E-state index is 0.0931. The standard InChI is InChI=1S/C23H26N4O3/c1-3-29-21-10-6-19(7-11-21)23-25-24-22(30-23)16-26-12-14-27(15-13-26)20-8-4-18(5-9-20)17(2)28/h4-11H,3,12-16H2,1-2H3. The molecule has 0 unspecified atom stereocenters. The first-order chi connectivity index (χ1) is 14.6. The molecule has 0 amide bonds. The van der Waals surface area contributed by atoms with Crippen molar-refractivity contribution in [2.45, 2.75) is 20.4 Å². The minimum Gasteiger partial charge on any atom is -0.494 e. The van der Waals surface area contributed by atoms with Gasteiger partial charge in [-0.3, -0.25) is 9.69 Å². The number of piperazine rings is 1. The van der Waals surface area contributed by atoms with E-state index in [-0.39, 0.29) is 5.78 Å². The quantitative estimate of drug-likeness (QED) is 0.555. The van der Waals surface area contributed by atoms with E-state index in [9.17, 15) is 4.79 Å². The van der Waals surface area contributed by atoms with Crippen molar-refractivity contribution in [1.82, 2.24) is 15.1 Å². The second-order valence-corrected chi connectivity index (χ2v) is 7.32. The van der Waals surface area contributed by atoms with Gasteiger partial charge in [0.25, 0.3) is 0 Å². The van der Waals surface area contributed by atoms with Gasteiger partial charge in [0.15, 0.2) is 5.78 Å². The van der Waals surface area contributed by atoms with Gasteiger partial charge in [-0.2, -0.15) is 0 Å². The highest BCUT2D eigenvalue weighted by Gasteiger charge is 2.20. The second-order valence-electron chi connectivity index (χ2n) is 7.32. The molecule has 1 saturated heterocycles. The maximum Gasteiger partial charge on any atom is 0.247 e. The molecule has 1 aromatic heterocycles. The summed E-state index contributed by atoms with van der Waals surface area (Å²) in [4.78, 5) is 16.1. The average molecular weight is 406 g/mol. The van der Waals surface area contributed by atoms with E-state index in [0.717, 1.165) is 48.7 Å². The lowest BCUT2D eigenvalue weighted by atomic mass is 10.1. The largest absolute Gasteiger partial charge is 0.494 e. The van der Waals surface area contributed by atoms with Gasteiger partial charge in [0.1, 0.15) is 5.75 Å². The number of nitrogens with zero attached hydrogens (tertiary/aromatic N) is 4. The number of Topliss-reactive ketones (excluding diaryl/α,β-unsaturated/α-hetero) is 1. The predicted molar refractivity (Wildman–Crippen MR) is 115 cm³/mol. The maximum absolute atomic E-state index is 11.4. The van der Waals surface area contributed by atoms with E-state index in [1.807, 2.05) is 55.5 Å². The van der Waals surface area contributed by atoms with E-state index in [0.29, 0.717) is 24.9 Å². The monoisotopic (exact) mass is 406 g/mol. The van der Waals surface area contributed by atoms with Crippen LogP contribution >= 0.6 is 0 Å². The van der Waals surface area contributed by atoms with E-state index in [4.69, 9.17) is 9.15 Å². The summed E-state index contributed by atoms with van der Waals surface area (Å²) in [5.41, 5.74) is 2.78. The Hall–Kier alpha value is -3.19. The molecule has 3 aromatic rings. The van der Waals surface area contributed by atoms with Crippen LogP contribution in [-0.4, -0.2) is 53.7 Å². The Bertz CT molecular complexity index is 974. The van der Waals surface area contributed by atoms with Crippen molar-refractivity contribution in [3.63, 3.8) is 0 Å². The second kappa shape index (κ2) is 9.09. The number of benzene rings is 2. The molecule has 4 rings (SSSR count). The highest BCUT2D eigenvalue weighted by Crippen LogP contribution is 2.22. The van der Waals surface area contributed by atoms with Crippen molar-refractivity contribution in [2.75, 3.05) is 37.7 Å². The van der Waals surface area contributed by atoms with Crippen LogP contribution in [0.15, 0.2) is 52.9 Å². The molecule has 1 aliphatic heterocycles. The minimum absolute atomic E-state index is 0.0931. The number of ether oxygens (including phenoxy) is 1. The molecule has 0 radical (unpaired) electrons. The first-order valence-corrected chi connectivity index (χ1v) is 10.3. The molecule has 0 N–H and O–H groups in total. The summed E-state index contributed by atoms with van der Waals surface area (Å²) < 4.78 is 11.3. The molecular weight excluding hydrogens is 380 g/mol. The van der Waals surface area contributed by atoms with Gasteiger partial charge in [0.05, 0.1) is 13.2 Å². The molecule has 0 aliphatic carbocycles. The van der Waals surface area contributed by atoms with E-state index < -0.39 is 0 Å². The lowest BCUT2D eigenvalue weighted by molar-refractivity contribution is 0.101. The fourth-order valence-corrected chi connectivity index (χ4v) is 3.56. The Morgan fingerprint density at radius 2 is 1.70 bits per heavy atom. The number of anilines is 1. The third kappa shape index (κ3) is 4.68. The van der Waals surface area contributed by atoms with Crippen LogP contribution in [0.5, 0.6) is 5.75 Å². The molecule has 2 aromatic carbocycles. The number of hydrogen-bond donors (Lipinski definition) is 0. The lowest BCUT2D eigenvalue weighted by Crippen LogP contribution is -2.46. The van der Waals surface area contributed by atoms with Crippen molar-refractivity contribution in [3.8, 4) is 17.2 Å². The maximum atomic E-state index is 11.4. The van der Waals surface area contributed by atoms with Crippen LogP contribution in [0, 0.1) is 0 Å². The highest BCUT2D eigenvalue weighted by atomic mass is 16.5. The Kier molecular flexibility index (Phi) is 6.09. The van der Waals surface area contributed by atoms with Crippen LogP contribution in [0.4, 0.5) is 5.69 Å². The third-order valence-electron chi connectivity index (χ3n) is 5.25. The Labute approximate surface area is 176 Å². The fourth-order valence-electron chi connectivity index (χ4n) is 3.56. The summed E-state index contributed by atoms with van der Waals surface area (Å²) in [6, 6.07) is 15.5. The molecule has 7 nitrogen and oxygen atoms in total. The van der Waals surface area contributed by atoms with Crippen LogP contribution in [0.25, 0.3) is 11.5 Å². The molecule has 156 valence electrons. The van der Waals surface area contributed by atoms with Crippen molar-refractivity contribution >= 4 is 11.5 Å². The highest BCUT2D eigenvalue weighted by molar-refractivity contribution is 5.94. The van der Waals surface area contributed by atoms with Gasteiger partial charge in [0.2, 0.25) is 11.8 Å². The van der Waals surface area contributed by atoms with E-state index >= 15 is 0 Å². The van der Waals surface area contributed by atoms with Crippen molar-refractivity contribution in [1.29, 1.82) is 0 Å². The molecule has 0 saturated carbocycles. The Morgan fingerprint density at radius 3 is 2.33 bits per heavy atom. The number of carbonyl (C=O) groups is 1. The van der Waals surface area contributed by atoms with Gasteiger partial charge >= 0.3 is 0 Å². The van der Waals surface area contributed by atoms with E-state index in [1.165, 1.54) is 0 Å². The summed E-state index contributed by atoms with van der Waals surface area (Å²) in [7, 11) is 0. The number of ketones is 1. The molecular formula is C23H26N4O3. The SMILES string of the molecule is CCOc1ccc(-c2nnc(CN3CCN(c4ccc(C(C)=O)cc4)CC3)o2)cc1. The zero-order chi connectivity index (χ0) is 20.9. The number of rotatable bonds is 7. The molecule has 30 heavy (non-hydrogen) atoms. The van der Waals surface area contributed by atoms with Gasteiger partial charge in [-0.25, -0.2) is 0 Å². The van der Waals surface area contributed by atoms with Gasteiger partial charge in [-0.15, -0.1) is 10.2 Å². The van der Waals surface area contributed by atoms with Crippen LogP contribution < -0.4 is 9.64 Å². The molecule has 0 bridgehead atoms. The molecule has 1 fully saturated rings. The van der Waals surface area contributed by atoms with Crippen molar-refractivity contribution < 1.29 is 13.9 Å². The number of aromatic nitrogens is 2. The summed E-state index contributed by atoms with van der Waals surface area (Å²) >= 11 is 0. The number of hydrogen-bond acceptors (Lipinski definition) is 7. The molecule has 2 heterocycles. The molecule has 0 atom stereocenters. The van der Waals surface area contributed by atoms with Crippen LogP contribution in [0.2, 0.25) is 0 Å². The van der Waals surface area contributed by atoms with Gasteiger partial charge in [-0.05, 0) is 62.4 Å². The van der Waals surface area contributed by atoms with Crippen LogP contribution in [0.3, 0.4) is 0 Å². The van der Waals surface area contributed by atoms with Gasteiger partial charge in [0, 0.05) is 43.0 Å². The first-order valence-electron chi connectivity index (χ1n) is 10.3. The normalized spacial score (nSPS) is 14.7. The van der Waals surface area contributed by atoms with E-state index in [2.05, 4.69) is 20.0 Å². The zero-order valence-electron chi connectivity index (χ0n) is 17.4. The predicted octanol–water partition coefficient (Wildman–Crippen LogP) is 3.66. The Morgan fingerprint density at radius 1 is 1.00 bits per heavy atom. The molecule has 1 aliphatic rings. The van der Waals surface area contributed by atoms with Crippen molar-refractivity contribution in [2.24, 2.45) is 0 Å². The molecule has 0 spiro atoms. The summed E-state index contributed by atoms with van der Waals surface area (Å²) in [5, 5.41) is 8.40. The summed E-state index contributed by atoms with van der Waals surface area (Å²) in [5.74, 6) is 2.07. The first kappa shape index (κ1) is 20.1. The third-order valence-corrected chi connectivity index (χ3v) is 5.25. The Balaban J connectivity index is 1.31. The average Bonchev–Trinajstić information content (AvgIpc) is 3.23. The van der Waals surface area contributed by atoms with Crippen LogP contribution in [-0.2, 0) is 6.54 Å². The fraction of sp³-hybridized carbons (Fsp3) is 0.348. The van der Waals surface area contributed by atoms with Crippen LogP contribution in [0.1, 0.15) is 30.1 Å². The van der Waals surface area contributed by atoms with Gasteiger partial charge in [-0.1, -0.05) is 0 Å². The van der Waals surface area contributed by atoms with Crippen molar-refractivity contribution in [3.05, 3.63) is 60.0 Å². The van der Waals surface area contributed by atoms with E-state index in [1.54, 1.807) is 6.92 Å². The van der Waals surface area contributed by atoms with Gasteiger partial charge < -0.3 is 14.1 Å². The zero-order valence-corrected chi connectivity index (χ0v) is 17.4. The summed E-state index contributed by atoms with van der Waals surface area (Å²) in [6.07, 6.45) is 0. The number of carbonyl (C=O) groups excluding carboxylic acids is 1.